The molecule has 37 heavy (non-hydrogen) atoms. The predicted octanol–water partition coefficient (Wildman–Crippen LogP) is 3.79. The molecule has 1 aliphatic heterocycles. The van der Waals surface area contributed by atoms with E-state index < -0.39 is 11.9 Å². The number of nitrogens with one attached hydrogen (secondary N) is 2. The van der Waals surface area contributed by atoms with Crippen molar-refractivity contribution in [2.24, 2.45) is 5.92 Å². The van der Waals surface area contributed by atoms with Crippen LogP contribution in [0.25, 0.3) is 11.1 Å². The van der Waals surface area contributed by atoms with Crippen molar-refractivity contribution in [2.75, 3.05) is 23.7 Å². The van der Waals surface area contributed by atoms with E-state index in [0.717, 1.165) is 16.8 Å². The van der Waals surface area contributed by atoms with Crippen LogP contribution in [0.4, 0.5) is 17.4 Å². The summed E-state index contributed by atoms with van der Waals surface area (Å²) in [4.78, 5) is 46.1. The molecule has 2 unspecified atom stereocenters. The molecule has 0 saturated carbocycles. The van der Waals surface area contributed by atoms with Crippen LogP contribution in [0.5, 0.6) is 0 Å². The largest absolute Gasteiger partial charge is 0.481 e. The van der Waals surface area contributed by atoms with Crippen LogP contribution >= 0.6 is 0 Å². The van der Waals surface area contributed by atoms with Crippen molar-refractivity contribution in [3.05, 3.63) is 78.1 Å². The van der Waals surface area contributed by atoms with E-state index >= 15 is 0 Å². The zero-order valence-electron chi connectivity index (χ0n) is 20.0. The second-order valence-electron chi connectivity index (χ2n) is 9.01. The highest BCUT2D eigenvalue weighted by Crippen LogP contribution is 2.33. The number of nitrogens with zero attached hydrogens (tertiary/aromatic N) is 3. The maximum atomic E-state index is 12.7. The number of rotatable bonds is 7. The maximum absolute atomic E-state index is 12.7. The van der Waals surface area contributed by atoms with E-state index in [1.807, 2.05) is 12.1 Å². The Morgan fingerprint density at radius 3 is 2.59 bits per heavy atom. The highest BCUT2D eigenvalue weighted by molar-refractivity contribution is 5.93. The number of carbonyl (C=O) groups excluding carboxylic acids is 2. The molecule has 188 valence electrons. The van der Waals surface area contributed by atoms with E-state index in [-0.39, 0.29) is 30.7 Å². The molecule has 0 bridgehead atoms. The van der Waals surface area contributed by atoms with Gasteiger partial charge in [0.2, 0.25) is 11.8 Å². The van der Waals surface area contributed by atoms with Gasteiger partial charge in [-0.15, -0.1) is 0 Å². The maximum Gasteiger partial charge on any atom is 0.308 e. The third-order valence-corrected chi connectivity index (χ3v) is 6.44. The number of fused-ring (bicyclic) bond motifs is 1. The molecular weight excluding hydrogens is 474 g/mol. The van der Waals surface area contributed by atoms with E-state index in [4.69, 9.17) is 4.42 Å². The quantitative estimate of drug-likeness (QED) is 0.349. The molecule has 4 aromatic rings. The standard InChI is InChI=1S/C27H25N5O5/c1-16(33)32-14-21(22(15-32)26(35)36)18-5-7-19(8-6-18)29-25(34)12-17-4-9-23-24(11-17)37-27(31-23)30-20-3-2-10-28-13-20/h2-11,13,21-22H,12,14-15H2,1H3,(H,29,34)(H,30,31)(H,35,36). The van der Waals surface area contributed by atoms with Crippen LogP contribution in [-0.2, 0) is 20.8 Å². The number of anilines is 3. The number of oxazole rings is 1. The van der Waals surface area contributed by atoms with Gasteiger partial charge in [0, 0.05) is 37.8 Å². The van der Waals surface area contributed by atoms with E-state index in [1.54, 1.807) is 59.8 Å². The SMILES string of the molecule is CC(=O)N1CC(C(=O)O)C(c2ccc(NC(=O)Cc3ccc4nc(Nc5cccnc5)oc4c3)cc2)C1. The van der Waals surface area contributed by atoms with Crippen molar-refractivity contribution in [2.45, 2.75) is 19.3 Å². The van der Waals surface area contributed by atoms with E-state index in [0.29, 0.717) is 29.3 Å². The van der Waals surface area contributed by atoms with Crippen molar-refractivity contribution >= 4 is 46.3 Å². The lowest BCUT2D eigenvalue weighted by atomic mass is 9.89. The highest BCUT2D eigenvalue weighted by atomic mass is 16.4. The van der Waals surface area contributed by atoms with Gasteiger partial charge in [-0.3, -0.25) is 19.4 Å². The third-order valence-electron chi connectivity index (χ3n) is 6.44. The lowest BCUT2D eigenvalue weighted by molar-refractivity contribution is -0.141. The summed E-state index contributed by atoms with van der Waals surface area (Å²) in [6.45, 7) is 2.00. The van der Waals surface area contributed by atoms with Gasteiger partial charge < -0.3 is 25.1 Å². The Morgan fingerprint density at radius 1 is 1.08 bits per heavy atom. The summed E-state index contributed by atoms with van der Waals surface area (Å²) in [6, 6.07) is 16.5. The molecule has 2 aromatic heterocycles. The number of likely N-dealkylation sites (tertiary alicyclic amines) is 1. The Hall–Kier alpha value is -4.73. The number of amides is 2. The van der Waals surface area contributed by atoms with Gasteiger partial charge >= 0.3 is 5.97 Å². The number of hydrogen-bond acceptors (Lipinski definition) is 7. The minimum Gasteiger partial charge on any atom is -0.481 e. The minimum absolute atomic E-state index is 0.137. The average molecular weight is 500 g/mol. The van der Waals surface area contributed by atoms with Gasteiger partial charge in [0.25, 0.3) is 6.01 Å². The van der Waals surface area contributed by atoms with Crippen molar-refractivity contribution in [3.63, 3.8) is 0 Å². The van der Waals surface area contributed by atoms with E-state index in [2.05, 4.69) is 20.6 Å². The summed E-state index contributed by atoms with van der Waals surface area (Å²) >= 11 is 0. The van der Waals surface area contributed by atoms with Crippen LogP contribution < -0.4 is 10.6 Å². The van der Waals surface area contributed by atoms with Gasteiger partial charge in [-0.05, 0) is 47.5 Å². The zero-order chi connectivity index (χ0) is 25.9. The molecule has 2 amide bonds. The predicted molar refractivity (Wildman–Crippen MR) is 136 cm³/mol. The van der Waals surface area contributed by atoms with Gasteiger partial charge in [0.1, 0.15) is 5.52 Å². The average Bonchev–Trinajstić information content (AvgIpc) is 3.49. The Balaban J connectivity index is 1.22. The lowest BCUT2D eigenvalue weighted by Crippen LogP contribution is -2.27. The first-order valence-electron chi connectivity index (χ1n) is 11.8. The normalized spacial score (nSPS) is 17.1. The Bertz CT molecular complexity index is 1450. The molecular formula is C27H25N5O5. The molecule has 0 radical (unpaired) electrons. The fourth-order valence-electron chi connectivity index (χ4n) is 4.55. The minimum atomic E-state index is -0.921. The molecule has 1 saturated heterocycles. The van der Waals surface area contributed by atoms with Crippen LogP contribution in [-0.4, -0.2) is 50.8 Å². The van der Waals surface area contributed by atoms with Gasteiger partial charge in [0.05, 0.1) is 24.2 Å². The molecule has 3 N–H and O–H groups in total. The smallest absolute Gasteiger partial charge is 0.308 e. The van der Waals surface area contributed by atoms with E-state index in [1.165, 1.54) is 6.92 Å². The monoisotopic (exact) mass is 499 g/mol. The second kappa shape index (κ2) is 10.1. The summed E-state index contributed by atoms with van der Waals surface area (Å²) in [7, 11) is 0. The van der Waals surface area contributed by atoms with E-state index in [9.17, 15) is 19.5 Å². The Kier molecular flexibility index (Phi) is 6.55. The second-order valence-corrected chi connectivity index (χ2v) is 9.01. The summed E-state index contributed by atoms with van der Waals surface area (Å²) < 4.78 is 5.77. The highest BCUT2D eigenvalue weighted by Gasteiger charge is 2.39. The van der Waals surface area contributed by atoms with Gasteiger partial charge in [-0.2, -0.15) is 4.98 Å². The molecule has 10 nitrogen and oxygen atoms in total. The molecule has 10 heteroatoms. The van der Waals surface area contributed by atoms with Gasteiger partial charge in [-0.25, -0.2) is 0 Å². The molecule has 3 heterocycles. The number of benzene rings is 2. The molecule has 1 fully saturated rings. The molecule has 2 aromatic carbocycles. The first kappa shape index (κ1) is 24.0. The summed E-state index contributed by atoms with van der Waals surface area (Å²) in [5.41, 5.74) is 4.17. The molecule has 1 aliphatic rings. The lowest BCUT2D eigenvalue weighted by Gasteiger charge is -2.16. The number of aliphatic carboxylic acids is 1. The van der Waals surface area contributed by atoms with Gasteiger partial charge in [0.15, 0.2) is 5.58 Å². The number of carbonyl (C=O) groups is 3. The Morgan fingerprint density at radius 2 is 1.89 bits per heavy atom. The topological polar surface area (TPSA) is 138 Å². The molecule has 2 atom stereocenters. The number of hydrogen-bond donors (Lipinski definition) is 3. The van der Waals surface area contributed by atoms with Crippen molar-refractivity contribution in [3.8, 4) is 0 Å². The summed E-state index contributed by atoms with van der Waals surface area (Å²) in [5, 5.41) is 15.5. The number of carboxylic acid groups (broad SMARTS) is 1. The summed E-state index contributed by atoms with van der Waals surface area (Å²) in [5.74, 6) is -2.21. The number of aromatic nitrogens is 2. The number of pyridine rings is 1. The number of carboxylic acids is 1. The van der Waals surface area contributed by atoms with Crippen LogP contribution in [0.1, 0.15) is 24.0 Å². The fraction of sp³-hybridized carbons (Fsp3) is 0.222. The first-order chi connectivity index (χ1) is 17.9. The van der Waals surface area contributed by atoms with Gasteiger partial charge in [-0.1, -0.05) is 18.2 Å². The molecule has 5 rings (SSSR count). The third kappa shape index (κ3) is 5.43. The van der Waals surface area contributed by atoms with Crippen molar-refractivity contribution in [1.82, 2.24) is 14.9 Å². The van der Waals surface area contributed by atoms with Crippen LogP contribution in [0.15, 0.2) is 71.4 Å². The van der Waals surface area contributed by atoms with Crippen molar-refractivity contribution < 1.29 is 23.9 Å². The first-order valence-corrected chi connectivity index (χ1v) is 11.8. The fourth-order valence-corrected chi connectivity index (χ4v) is 4.55. The van der Waals surface area contributed by atoms with Crippen LogP contribution in [0.3, 0.4) is 0 Å². The van der Waals surface area contributed by atoms with Crippen molar-refractivity contribution in [1.29, 1.82) is 0 Å². The van der Waals surface area contributed by atoms with Crippen LogP contribution in [0.2, 0.25) is 0 Å². The van der Waals surface area contributed by atoms with Crippen LogP contribution in [0, 0.1) is 5.92 Å². The summed E-state index contributed by atoms with van der Waals surface area (Å²) in [6.07, 6.45) is 3.48. The Labute approximate surface area is 212 Å². The molecule has 0 spiro atoms. The zero-order valence-corrected chi connectivity index (χ0v) is 20.0. The molecule has 0 aliphatic carbocycles.